The third kappa shape index (κ3) is 3.63. The van der Waals surface area contributed by atoms with E-state index in [0.717, 1.165) is 12.1 Å². The van der Waals surface area contributed by atoms with Crippen LogP contribution in [0.5, 0.6) is 5.75 Å². The van der Waals surface area contributed by atoms with E-state index in [1.807, 2.05) is 6.07 Å². The van der Waals surface area contributed by atoms with E-state index in [1.165, 1.54) is 30.3 Å². The number of hydrogen-bond acceptors (Lipinski definition) is 2. The van der Waals surface area contributed by atoms with E-state index < -0.39 is 11.7 Å². The number of rotatable bonds is 2. The van der Waals surface area contributed by atoms with Crippen LogP contribution in [0.4, 0.5) is 13.2 Å². The molecule has 0 amide bonds. The van der Waals surface area contributed by atoms with Gasteiger partial charge in [-0.15, -0.1) is 0 Å². The van der Waals surface area contributed by atoms with E-state index in [-0.39, 0.29) is 5.75 Å². The van der Waals surface area contributed by atoms with Gasteiger partial charge in [0.2, 0.25) is 0 Å². The smallest absolute Gasteiger partial charge is 0.416 e. The van der Waals surface area contributed by atoms with Crippen LogP contribution in [-0.4, -0.2) is 5.11 Å². The van der Waals surface area contributed by atoms with Crippen LogP contribution in [0, 0.1) is 11.3 Å². The van der Waals surface area contributed by atoms with E-state index in [4.69, 9.17) is 5.26 Å². The summed E-state index contributed by atoms with van der Waals surface area (Å²) in [5.74, 6) is 0.0746. The number of phenolic OH excluding ortho intramolecular Hbond substituents is 1. The Bertz CT molecular complexity index is 692. The Hall–Kier alpha value is -2.74. The number of hydrogen-bond donors (Lipinski definition) is 1. The van der Waals surface area contributed by atoms with Crippen molar-refractivity contribution in [2.75, 3.05) is 0 Å². The molecule has 2 aromatic carbocycles. The standard InChI is InChI=1S/C16H10F3NO/c17-16(18,19)14-5-1-11(2-6-14)9-13(10-20)12-3-7-15(21)8-4-12/h1-9,21H/b13-9+. The summed E-state index contributed by atoms with van der Waals surface area (Å²) in [5.41, 5.74) is 0.639. The highest BCUT2D eigenvalue weighted by Gasteiger charge is 2.29. The van der Waals surface area contributed by atoms with Crippen molar-refractivity contribution >= 4 is 11.6 Å². The van der Waals surface area contributed by atoms with E-state index in [0.29, 0.717) is 16.7 Å². The molecule has 1 N–H and O–H groups in total. The van der Waals surface area contributed by atoms with Crippen LogP contribution in [0.15, 0.2) is 48.5 Å². The van der Waals surface area contributed by atoms with Gasteiger partial charge in [0.25, 0.3) is 0 Å². The number of halogens is 3. The molecule has 0 aliphatic heterocycles. The Balaban J connectivity index is 2.33. The van der Waals surface area contributed by atoms with Gasteiger partial charge >= 0.3 is 6.18 Å². The van der Waals surface area contributed by atoms with Crippen molar-refractivity contribution in [3.8, 4) is 11.8 Å². The zero-order valence-corrected chi connectivity index (χ0v) is 10.7. The maximum Gasteiger partial charge on any atom is 0.416 e. The van der Waals surface area contributed by atoms with Gasteiger partial charge in [-0.2, -0.15) is 18.4 Å². The molecular formula is C16H10F3NO. The maximum atomic E-state index is 12.5. The monoisotopic (exact) mass is 289 g/mol. The normalized spacial score (nSPS) is 12.0. The molecule has 5 heteroatoms. The molecule has 21 heavy (non-hydrogen) atoms. The highest BCUT2D eigenvalue weighted by atomic mass is 19.4. The highest BCUT2D eigenvalue weighted by Crippen LogP contribution is 2.29. The molecule has 0 heterocycles. The van der Waals surface area contributed by atoms with Crippen LogP contribution >= 0.6 is 0 Å². The topological polar surface area (TPSA) is 44.0 Å². The molecule has 2 aromatic rings. The lowest BCUT2D eigenvalue weighted by Gasteiger charge is -2.06. The van der Waals surface area contributed by atoms with Crippen molar-refractivity contribution < 1.29 is 18.3 Å². The van der Waals surface area contributed by atoms with Gasteiger partial charge in [0.05, 0.1) is 17.2 Å². The Kier molecular flexibility index (Phi) is 3.99. The van der Waals surface area contributed by atoms with Crippen LogP contribution in [0.25, 0.3) is 11.6 Å². The first-order valence-corrected chi connectivity index (χ1v) is 5.98. The Labute approximate surface area is 119 Å². The summed E-state index contributed by atoms with van der Waals surface area (Å²) >= 11 is 0. The minimum absolute atomic E-state index is 0.0746. The average Bonchev–Trinajstić information content (AvgIpc) is 2.45. The van der Waals surface area contributed by atoms with Crippen LogP contribution in [0.1, 0.15) is 16.7 Å². The molecule has 0 aromatic heterocycles. The van der Waals surface area contributed by atoms with Crippen molar-refractivity contribution in [2.45, 2.75) is 6.18 Å². The summed E-state index contributed by atoms with van der Waals surface area (Å²) in [4.78, 5) is 0. The van der Waals surface area contributed by atoms with Crippen LogP contribution < -0.4 is 0 Å². The van der Waals surface area contributed by atoms with Crippen molar-refractivity contribution in [2.24, 2.45) is 0 Å². The van der Waals surface area contributed by atoms with Crippen LogP contribution in [0.2, 0.25) is 0 Å². The molecule has 0 radical (unpaired) electrons. The SMILES string of the molecule is N#C/C(=C\c1ccc(C(F)(F)F)cc1)c1ccc(O)cc1. The number of nitriles is 1. The molecule has 0 aliphatic carbocycles. The minimum Gasteiger partial charge on any atom is -0.508 e. The number of phenols is 1. The van der Waals surface area contributed by atoms with E-state index in [1.54, 1.807) is 12.1 Å². The summed E-state index contributed by atoms with van der Waals surface area (Å²) in [6.45, 7) is 0. The first kappa shape index (κ1) is 14.7. The van der Waals surface area contributed by atoms with Gasteiger partial charge < -0.3 is 5.11 Å². The summed E-state index contributed by atoms with van der Waals surface area (Å²) in [7, 11) is 0. The number of aromatic hydroxyl groups is 1. The lowest BCUT2D eigenvalue weighted by atomic mass is 10.0. The highest BCUT2D eigenvalue weighted by molar-refractivity contribution is 5.89. The van der Waals surface area contributed by atoms with Gasteiger partial charge in [-0.1, -0.05) is 12.1 Å². The average molecular weight is 289 g/mol. The molecule has 0 unspecified atom stereocenters. The van der Waals surface area contributed by atoms with Gasteiger partial charge in [0, 0.05) is 0 Å². The Morgan fingerprint density at radius 1 is 1.00 bits per heavy atom. The fraction of sp³-hybridized carbons (Fsp3) is 0.0625. The lowest BCUT2D eigenvalue weighted by Crippen LogP contribution is -2.03. The van der Waals surface area contributed by atoms with E-state index >= 15 is 0 Å². The third-order valence-corrected chi connectivity index (χ3v) is 2.85. The van der Waals surface area contributed by atoms with Crippen molar-refractivity contribution in [3.63, 3.8) is 0 Å². The second-order valence-corrected chi connectivity index (χ2v) is 4.34. The first-order chi connectivity index (χ1) is 9.90. The molecule has 0 saturated carbocycles. The summed E-state index contributed by atoms with van der Waals surface area (Å²) in [6, 6.07) is 12.5. The molecule has 0 aliphatic rings. The van der Waals surface area contributed by atoms with Gasteiger partial charge in [-0.25, -0.2) is 0 Å². The maximum absolute atomic E-state index is 12.5. The van der Waals surface area contributed by atoms with Gasteiger partial charge in [0.1, 0.15) is 5.75 Å². The fourth-order valence-corrected chi connectivity index (χ4v) is 1.76. The molecule has 0 saturated heterocycles. The predicted molar refractivity (Wildman–Crippen MR) is 73.0 cm³/mol. The second kappa shape index (κ2) is 5.71. The first-order valence-electron chi connectivity index (χ1n) is 5.98. The van der Waals surface area contributed by atoms with Crippen molar-refractivity contribution in [3.05, 3.63) is 65.2 Å². The van der Waals surface area contributed by atoms with E-state index in [2.05, 4.69) is 0 Å². The van der Waals surface area contributed by atoms with Gasteiger partial charge in [-0.05, 0) is 53.6 Å². The second-order valence-electron chi connectivity index (χ2n) is 4.34. The Morgan fingerprint density at radius 3 is 2.05 bits per heavy atom. The predicted octanol–water partition coefficient (Wildman–Crippen LogP) is 4.48. The molecule has 0 spiro atoms. The fourth-order valence-electron chi connectivity index (χ4n) is 1.76. The molecule has 2 rings (SSSR count). The van der Waals surface area contributed by atoms with Crippen molar-refractivity contribution in [1.29, 1.82) is 5.26 Å². The number of benzene rings is 2. The summed E-state index contributed by atoms with van der Waals surface area (Å²) in [5, 5.41) is 18.3. The molecule has 2 nitrogen and oxygen atoms in total. The zero-order chi connectivity index (χ0) is 15.5. The molecule has 0 fully saturated rings. The third-order valence-electron chi connectivity index (χ3n) is 2.85. The number of nitrogens with zero attached hydrogens (tertiary/aromatic N) is 1. The van der Waals surface area contributed by atoms with Crippen molar-refractivity contribution in [1.82, 2.24) is 0 Å². The number of alkyl halides is 3. The molecule has 106 valence electrons. The van der Waals surface area contributed by atoms with Gasteiger partial charge in [0.15, 0.2) is 0 Å². The zero-order valence-electron chi connectivity index (χ0n) is 10.7. The molecule has 0 atom stereocenters. The quantitative estimate of drug-likeness (QED) is 0.654. The van der Waals surface area contributed by atoms with Crippen LogP contribution in [-0.2, 0) is 6.18 Å². The Morgan fingerprint density at radius 2 is 1.57 bits per heavy atom. The summed E-state index contributed by atoms with van der Waals surface area (Å²) < 4.78 is 37.4. The van der Waals surface area contributed by atoms with E-state index in [9.17, 15) is 18.3 Å². The minimum atomic E-state index is -4.38. The largest absolute Gasteiger partial charge is 0.508 e. The molecular weight excluding hydrogens is 279 g/mol. The lowest BCUT2D eigenvalue weighted by molar-refractivity contribution is -0.137. The molecule has 0 bridgehead atoms. The van der Waals surface area contributed by atoms with Gasteiger partial charge in [-0.3, -0.25) is 0 Å². The summed E-state index contributed by atoms with van der Waals surface area (Å²) in [6.07, 6.45) is -2.89. The van der Waals surface area contributed by atoms with Crippen LogP contribution in [0.3, 0.4) is 0 Å². The number of allylic oxidation sites excluding steroid dienone is 1.